The van der Waals surface area contributed by atoms with E-state index in [0.29, 0.717) is 25.4 Å². The van der Waals surface area contributed by atoms with Gasteiger partial charge in [-0.15, -0.1) is 0 Å². The van der Waals surface area contributed by atoms with Crippen molar-refractivity contribution in [2.75, 3.05) is 5.32 Å². The van der Waals surface area contributed by atoms with E-state index in [1.165, 1.54) is 11.3 Å². The van der Waals surface area contributed by atoms with E-state index in [2.05, 4.69) is 10.3 Å². The summed E-state index contributed by atoms with van der Waals surface area (Å²) in [5.74, 6) is -0.290. The molecule has 4 rings (SSSR count). The fourth-order valence-corrected chi connectivity index (χ4v) is 4.31. The number of carbonyl (C=O) groups excluding carboxylic acids is 1. The number of thiazole rings is 1. The van der Waals surface area contributed by atoms with E-state index in [9.17, 15) is 9.59 Å². The molecule has 2 heterocycles. The number of anilines is 1. The molecule has 0 fully saturated rings. The predicted octanol–water partition coefficient (Wildman–Crippen LogP) is 4.44. The van der Waals surface area contributed by atoms with Gasteiger partial charge in [0.15, 0.2) is 3.95 Å². The second kappa shape index (κ2) is 6.19. The zero-order chi connectivity index (χ0) is 18.4. The fraction of sp³-hybridized carbons (Fsp3) is 0.105. The van der Waals surface area contributed by atoms with Crippen LogP contribution in [0.3, 0.4) is 0 Å². The number of carbonyl (C=O) groups is 1. The first-order valence-electron chi connectivity index (χ1n) is 8.01. The molecule has 1 amide bonds. The molecule has 26 heavy (non-hydrogen) atoms. The molecule has 2 aromatic carbocycles. The van der Waals surface area contributed by atoms with Crippen molar-refractivity contribution >= 4 is 51.7 Å². The average Bonchev–Trinajstić information content (AvgIpc) is 2.94. The van der Waals surface area contributed by atoms with Crippen molar-refractivity contribution in [2.45, 2.75) is 13.8 Å². The van der Waals surface area contributed by atoms with Crippen molar-refractivity contribution in [3.8, 4) is 0 Å². The Balaban J connectivity index is 1.88. The topological polar surface area (TPSA) is 66.4 Å². The Labute approximate surface area is 157 Å². The molecule has 0 unspecified atom stereocenters. The van der Waals surface area contributed by atoms with Gasteiger partial charge in [0.25, 0.3) is 11.5 Å². The molecule has 0 bridgehead atoms. The first-order valence-corrected chi connectivity index (χ1v) is 9.23. The van der Waals surface area contributed by atoms with Crippen LogP contribution in [0.1, 0.15) is 20.8 Å². The molecular formula is C19H15N3O2S2. The number of benzene rings is 2. The number of rotatable bonds is 2. The molecule has 5 nitrogen and oxygen atoms in total. The number of hydrogen-bond acceptors (Lipinski definition) is 4. The Morgan fingerprint density at radius 3 is 2.73 bits per heavy atom. The maximum Gasteiger partial charge on any atom is 0.269 e. The summed E-state index contributed by atoms with van der Waals surface area (Å²) in [5.41, 5.74) is 3.71. The van der Waals surface area contributed by atoms with Crippen molar-refractivity contribution in [3.05, 3.63) is 72.8 Å². The summed E-state index contributed by atoms with van der Waals surface area (Å²) in [4.78, 5) is 28.4. The highest BCUT2D eigenvalue weighted by Crippen LogP contribution is 2.24. The predicted molar refractivity (Wildman–Crippen MR) is 108 cm³/mol. The van der Waals surface area contributed by atoms with Gasteiger partial charge in [-0.2, -0.15) is 0 Å². The van der Waals surface area contributed by atoms with Crippen LogP contribution in [0.2, 0.25) is 0 Å². The van der Waals surface area contributed by atoms with Gasteiger partial charge >= 0.3 is 0 Å². The average molecular weight is 381 g/mol. The summed E-state index contributed by atoms with van der Waals surface area (Å²) in [6.45, 7) is 3.94. The monoisotopic (exact) mass is 381 g/mol. The van der Waals surface area contributed by atoms with Gasteiger partial charge in [0.05, 0.1) is 10.9 Å². The normalized spacial score (nSPS) is 11.2. The molecule has 7 heteroatoms. The number of nitrogens with zero attached hydrogens (tertiary/aromatic N) is 1. The zero-order valence-corrected chi connectivity index (χ0v) is 15.8. The van der Waals surface area contributed by atoms with Crippen LogP contribution in [0.4, 0.5) is 5.69 Å². The molecule has 130 valence electrons. The van der Waals surface area contributed by atoms with Gasteiger partial charge in [-0.25, -0.2) is 0 Å². The smallest absolute Gasteiger partial charge is 0.269 e. The van der Waals surface area contributed by atoms with Crippen LogP contribution < -0.4 is 10.9 Å². The maximum absolute atomic E-state index is 12.8. The second-order valence-corrected chi connectivity index (χ2v) is 7.77. The second-order valence-electron chi connectivity index (χ2n) is 6.12. The highest BCUT2D eigenvalue weighted by molar-refractivity contribution is 7.73. The van der Waals surface area contributed by atoms with E-state index < -0.39 is 0 Å². The first kappa shape index (κ1) is 16.7. The van der Waals surface area contributed by atoms with E-state index in [0.717, 1.165) is 16.8 Å². The molecular weight excluding hydrogens is 366 g/mol. The van der Waals surface area contributed by atoms with E-state index in [-0.39, 0.29) is 11.5 Å². The van der Waals surface area contributed by atoms with Gasteiger partial charge in [0.1, 0.15) is 10.5 Å². The third kappa shape index (κ3) is 2.65. The number of amides is 1. The lowest BCUT2D eigenvalue weighted by molar-refractivity contribution is 0.103. The van der Waals surface area contributed by atoms with Gasteiger partial charge in [0.2, 0.25) is 0 Å². The summed E-state index contributed by atoms with van der Waals surface area (Å²) >= 11 is 6.63. The molecule has 0 atom stereocenters. The lowest BCUT2D eigenvalue weighted by Gasteiger charge is -2.08. The number of para-hydroxylation sites is 1. The van der Waals surface area contributed by atoms with Gasteiger partial charge in [-0.1, -0.05) is 41.2 Å². The Bertz CT molecular complexity index is 1300. The standard InChI is InChI=1S/C19H15N3O2S2/c1-10-7-8-13(11(2)9-10)20-18(24)15-16-21-17(23)12-5-3-4-6-14(12)22(16)19(25)26-15/h3-9H,1-2H3,(H,20,24)(H,21,23). The molecule has 0 aliphatic rings. The van der Waals surface area contributed by atoms with Crippen molar-refractivity contribution in [2.24, 2.45) is 0 Å². The highest BCUT2D eigenvalue weighted by atomic mass is 32.1. The number of aromatic nitrogens is 2. The Morgan fingerprint density at radius 2 is 1.96 bits per heavy atom. The summed E-state index contributed by atoms with van der Waals surface area (Å²) in [5, 5.41) is 3.45. The number of H-pyrrole nitrogens is 1. The van der Waals surface area contributed by atoms with E-state index in [1.807, 2.05) is 44.2 Å². The minimum Gasteiger partial charge on any atom is -0.321 e. The molecule has 0 aliphatic carbocycles. The molecule has 0 aliphatic heterocycles. The van der Waals surface area contributed by atoms with Crippen LogP contribution in [0, 0.1) is 17.8 Å². The summed E-state index contributed by atoms with van der Waals surface area (Å²) in [6.07, 6.45) is 0. The van der Waals surface area contributed by atoms with Gasteiger partial charge in [0, 0.05) is 5.69 Å². The number of aromatic amines is 1. The van der Waals surface area contributed by atoms with Crippen molar-refractivity contribution in [1.29, 1.82) is 0 Å². The molecule has 4 aromatic rings. The summed E-state index contributed by atoms with van der Waals surface area (Å²) in [7, 11) is 0. The van der Waals surface area contributed by atoms with Crippen LogP contribution in [-0.4, -0.2) is 15.3 Å². The molecule has 0 spiro atoms. The highest BCUT2D eigenvalue weighted by Gasteiger charge is 2.18. The Kier molecular flexibility index (Phi) is 3.97. The van der Waals surface area contributed by atoms with Crippen molar-refractivity contribution in [3.63, 3.8) is 0 Å². The third-order valence-corrected chi connectivity index (χ3v) is 5.64. The van der Waals surface area contributed by atoms with Crippen LogP contribution >= 0.6 is 23.6 Å². The van der Waals surface area contributed by atoms with Crippen LogP contribution in [-0.2, 0) is 0 Å². The number of aryl methyl sites for hydroxylation is 2. The fourth-order valence-electron chi connectivity index (χ4n) is 3.03. The molecule has 0 saturated heterocycles. The largest absolute Gasteiger partial charge is 0.321 e. The lowest BCUT2D eigenvalue weighted by atomic mass is 10.1. The van der Waals surface area contributed by atoms with Crippen LogP contribution in [0.15, 0.2) is 47.3 Å². The SMILES string of the molecule is Cc1ccc(NC(=O)c2sc(=S)n3c2[nH]c(=O)c2ccccc23)c(C)c1. The molecule has 0 saturated carbocycles. The van der Waals surface area contributed by atoms with Crippen molar-refractivity contribution in [1.82, 2.24) is 9.38 Å². The zero-order valence-electron chi connectivity index (χ0n) is 14.1. The van der Waals surface area contributed by atoms with E-state index in [4.69, 9.17) is 12.2 Å². The molecule has 0 radical (unpaired) electrons. The number of fused-ring (bicyclic) bond motifs is 3. The Hall–Kier alpha value is -2.77. The molecule has 2 N–H and O–H groups in total. The lowest BCUT2D eigenvalue weighted by Crippen LogP contribution is -2.15. The summed E-state index contributed by atoms with van der Waals surface area (Å²) < 4.78 is 2.26. The Morgan fingerprint density at radius 1 is 1.19 bits per heavy atom. The van der Waals surface area contributed by atoms with Crippen molar-refractivity contribution < 1.29 is 4.79 Å². The first-order chi connectivity index (χ1) is 12.5. The van der Waals surface area contributed by atoms with Gasteiger partial charge in [-0.3, -0.25) is 14.0 Å². The number of nitrogens with one attached hydrogen (secondary N) is 2. The maximum atomic E-state index is 12.8. The van der Waals surface area contributed by atoms with Crippen LogP contribution in [0.5, 0.6) is 0 Å². The van der Waals surface area contributed by atoms with Crippen LogP contribution in [0.25, 0.3) is 16.6 Å². The number of hydrogen-bond donors (Lipinski definition) is 2. The van der Waals surface area contributed by atoms with E-state index >= 15 is 0 Å². The third-order valence-electron chi connectivity index (χ3n) is 4.27. The van der Waals surface area contributed by atoms with Gasteiger partial charge in [-0.05, 0) is 49.8 Å². The summed E-state index contributed by atoms with van der Waals surface area (Å²) in [6, 6.07) is 13.0. The van der Waals surface area contributed by atoms with E-state index in [1.54, 1.807) is 16.5 Å². The quantitative estimate of drug-likeness (QED) is 0.505. The minimum atomic E-state index is -0.290. The minimum absolute atomic E-state index is 0.242. The van der Waals surface area contributed by atoms with Gasteiger partial charge < -0.3 is 10.3 Å². The molecule has 2 aromatic heterocycles.